The molecule has 0 unspecified atom stereocenters. The van der Waals surface area contributed by atoms with Crippen LogP contribution in [0.15, 0.2) is 23.0 Å². The third-order valence-electron chi connectivity index (χ3n) is 4.12. The van der Waals surface area contributed by atoms with Gasteiger partial charge < -0.3 is 9.88 Å². The quantitative estimate of drug-likeness (QED) is 0.880. The average molecular weight is 245 g/mol. The number of benzene rings is 1. The van der Waals surface area contributed by atoms with Crippen LogP contribution in [0.5, 0.6) is 0 Å². The van der Waals surface area contributed by atoms with E-state index >= 15 is 0 Å². The van der Waals surface area contributed by atoms with E-state index in [2.05, 4.69) is 28.9 Å². The molecule has 3 rings (SSSR count). The molecule has 0 radical (unpaired) electrons. The van der Waals surface area contributed by atoms with Crippen LogP contribution < -0.4 is 10.6 Å². The molecular weight excluding hydrogens is 226 g/mol. The molecule has 0 bridgehead atoms. The number of imidazole rings is 1. The first kappa shape index (κ1) is 11.4. The first-order valence-corrected chi connectivity index (χ1v) is 6.62. The van der Waals surface area contributed by atoms with Gasteiger partial charge in [0.15, 0.2) is 0 Å². The van der Waals surface area contributed by atoms with Gasteiger partial charge in [0.25, 0.3) is 0 Å². The van der Waals surface area contributed by atoms with Crippen molar-refractivity contribution in [2.24, 2.45) is 13.0 Å². The topological polar surface area (TPSA) is 41.0 Å². The number of hydrogen-bond acceptors (Lipinski definition) is 2. The second kappa shape index (κ2) is 4.19. The summed E-state index contributed by atoms with van der Waals surface area (Å²) in [5.74, 6) is 0.816. The number of nitrogens with zero attached hydrogens (tertiary/aromatic N) is 2. The van der Waals surface area contributed by atoms with Crippen molar-refractivity contribution in [1.82, 2.24) is 9.55 Å². The maximum absolute atomic E-state index is 11.6. The predicted octanol–water partition coefficient (Wildman–Crippen LogP) is 2.10. The largest absolute Gasteiger partial charge is 0.371 e. The normalized spacial score (nSPS) is 19.9. The molecule has 1 saturated heterocycles. The smallest absolute Gasteiger partial charge is 0.326 e. The summed E-state index contributed by atoms with van der Waals surface area (Å²) >= 11 is 0. The minimum atomic E-state index is -0.0463. The minimum absolute atomic E-state index is 0.0463. The van der Waals surface area contributed by atoms with Gasteiger partial charge in [-0.15, -0.1) is 0 Å². The molecule has 0 aliphatic carbocycles. The summed E-state index contributed by atoms with van der Waals surface area (Å²) in [6.45, 7) is 4.52. The molecule has 96 valence electrons. The number of aromatic nitrogens is 2. The number of fused-ring (bicyclic) bond motifs is 1. The van der Waals surface area contributed by atoms with Gasteiger partial charge in [-0.3, -0.25) is 4.57 Å². The van der Waals surface area contributed by atoms with Crippen molar-refractivity contribution in [1.29, 1.82) is 0 Å². The van der Waals surface area contributed by atoms with Gasteiger partial charge in [0.1, 0.15) is 0 Å². The lowest BCUT2D eigenvalue weighted by atomic mass is 10.1. The van der Waals surface area contributed by atoms with E-state index in [1.165, 1.54) is 18.5 Å². The van der Waals surface area contributed by atoms with E-state index in [-0.39, 0.29) is 5.69 Å². The molecule has 1 aliphatic heterocycles. The average Bonchev–Trinajstić information content (AvgIpc) is 2.96. The van der Waals surface area contributed by atoms with E-state index in [0.717, 1.165) is 30.0 Å². The Balaban J connectivity index is 1.98. The molecule has 2 heterocycles. The Morgan fingerprint density at radius 3 is 3.00 bits per heavy atom. The van der Waals surface area contributed by atoms with Crippen LogP contribution >= 0.6 is 0 Å². The van der Waals surface area contributed by atoms with Crippen molar-refractivity contribution in [2.45, 2.75) is 19.8 Å². The van der Waals surface area contributed by atoms with E-state index in [1.807, 2.05) is 13.1 Å². The van der Waals surface area contributed by atoms with Crippen LogP contribution in [-0.2, 0) is 7.05 Å². The van der Waals surface area contributed by atoms with E-state index in [9.17, 15) is 4.79 Å². The number of nitrogens with one attached hydrogen (secondary N) is 1. The van der Waals surface area contributed by atoms with Crippen molar-refractivity contribution in [3.63, 3.8) is 0 Å². The van der Waals surface area contributed by atoms with Crippen molar-refractivity contribution in [2.75, 3.05) is 18.0 Å². The predicted molar refractivity (Wildman–Crippen MR) is 74.2 cm³/mol. The van der Waals surface area contributed by atoms with Crippen molar-refractivity contribution in [3.05, 3.63) is 28.7 Å². The zero-order valence-electron chi connectivity index (χ0n) is 10.9. The number of aryl methyl sites for hydroxylation is 1. The zero-order valence-corrected chi connectivity index (χ0v) is 10.9. The van der Waals surface area contributed by atoms with Gasteiger partial charge in [-0.1, -0.05) is 13.3 Å². The van der Waals surface area contributed by atoms with Gasteiger partial charge in [0, 0.05) is 25.8 Å². The Kier molecular flexibility index (Phi) is 2.65. The highest BCUT2D eigenvalue weighted by Crippen LogP contribution is 2.27. The second-order valence-corrected chi connectivity index (χ2v) is 5.20. The van der Waals surface area contributed by atoms with Gasteiger partial charge >= 0.3 is 5.69 Å². The molecule has 4 nitrogen and oxygen atoms in total. The van der Waals surface area contributed by atoms with Crippen LogP contribution in [0.3, 0.4) is 0 Å². The summed E-state index contributed by atoms with van der Waals surface area (Å²) in [4.78, 5) is 16.8. The van der Waals surface area contributed by atoms with E-state index < -0.39 is 0 Å². The summed E-state index contributed by atoms with van der Waals surface area (Å²) in [5, 5.41) is 0. The standard InChI is InChI=1S/C14H19N3O/c1-3-10-6-7-17(9-10)11-4-5-12-13(8-11)16(2)14(18)15-12/h4-5,8,10H,3,6-7,9H2,1-2H3,(H,15,18)/t10-/m1/s1. The van der Waals surface area contributed by atoms with Gasteiger partial charge in [0.2, 0.25) is 0 Å². The Labute approximate surface area is 106 Å². The number of anilines is 1. The lowest BCUT2D eigenvalue weighted by Crippen LogP contribution is -2.19. The highest BCUT2D eigenvalue weighted by atomic mass is 16.1. The number of aromatic amines is 1. The molecule has 0 saturated carbocycles. The Hall–Kier alpha value is -1.71. The zero-order chi connectivity index (χ0) is 12.7. The molecule has 1 aromatic carbocycles. The molecular formula is C14H19N3O. The number of H-pyrrole nitrogens is 1. The molecule has 0 spiro atoms. The Morgan fingerprint density at radius 1 is 1.44 bits per heavy atom. The third-order valence-corrected chi connectivity index (χ3v) is 4.12. The Morgan fingerprint density at radius 2 is 2.28 bits per heavy atom. The molecule has 2 aromatic rings. The highest BCUT2D eigenvalue weighted by Gasteiger charge is 2.21. The maximum Gasteiger partial charge on any atom is 0.326 e. The highest BCUT2D eigenvalue weighted by molar-refractivity contribution is 5.79. The van der Waals surface area contributed by atoms with E-state index in [1.54, 1.807) is 4.57 Å². The summed E-state index contributed by atoms with van der Waals surface area (Å²) < 4.78 is 1.67. The summed E-state index contributed by atoms with van der Waals surface area (Å²) in [7, 11) is 1.81. The SMILES string of the molecule is CC[C@@H]1CCN(c2ccc3[nH]c(=O)n(C)c3c2)C1. The lowest BCUT2D eigenvalue weighted by molar-refractivity contribution is 0.569. The van der Waals surface area contributed by atoms with E-state index in [0.29, 0.717) is 0 Å². The second-order valence-electron chi connectivity index (χ2n) is 5.20. The first-order valence-electron chi connectivity index (χ1n) is 6.62. The number of rotatable bonds is 2. The van der Waals surface area contributed by atoms with Crippen molar-refractivity contribution in [3.8, 4) is 0 Å². The van der Waals surface area contributed by atoms with Gasteiger partial charge in [-0.25, -0.2) is 4.79 Å². The minimum Gasteiger partial charge on any atom is -0.371 e. The van der Waals surface area contributed by atoms with Crippen LogP contribution in [0.4, 0.5) is 5.69 Å². The fraction of sp³-hybridized carbons (Fsp3) is 0.500. The molecule has 1 fully saturated rings. The first-order chi connectivity index (χ1) is 8.69. The molecule has 18 heavy (non-hydrogen) atoms. The van der Waals surface area contributed by atoms with Crippen LogP contribution in [0.25, 0.3) is 11.0 Å². The maximum atomic E-state index is 11.6. The third kappa shape index (κ3) is 1.72. The molecule has 1 aromatic heterocycles. The Bertz CT molecular complexity index is 625. The molecule has 1 N–H and O–H groups in total. The summed E-state index contributed by atoms with van der Waals surface area (Å²) in [5.41, 5.74) is 3.08. The number of hydrogen-bond donors (Lipinski definition) is 1. The van der Waals surface area contributed by atoms with Gasteiger partial charge in [-0.2, -0.15) is 0 Å². The van der Waals surface area contributed by atoms with Crippen LogP contribution in [0, 0.1) is 5.92 Å². The molecule has 1 atom stereocenters. The molecule has 4 heteroatoms. The van der Waals surface area contributed by atoms with Crippen LogP contribution in [0.2, 0.25) is 0 Å². The van der Waals surface area contributed by atoms with Crippen LogP contribution in [0.1, 0.15) is 19.8 Å². The lowest BCUT2D eigenvalue weighted by Gasteiger charge is -2.18. The van der Waals surface area contributed by atoms with Gasteiger partial charge in [0.05, 0.1) is 11.0 Å². The van der Waals surface area contributed by atoms with Crippen molar-refractivity contribution < 1.29 is 0 Å². The monoisotopic (exact) mass is 245 g/mol. The molecule has 1 aliphatic rings. The molecule has 0 amide bonds. The van der Waals surface area contributed by atoms with Crippen LogP contribution in [-0.4, -0.2) is 22.6 Å². The van der Waals surface area contributed by atoms with Crippen molar-refractivity contribution >= 4 is 16.7 Å². The van der Waals surface area contributed by atoms with E-state index in [4.69, 9.17) is 0 Å². The summed E-state index contributed by atoms with van der Waals surface area (Å²) in [6, 6.07) is 6.23. The summed E-state index contributed by atoms with van der Waals surface area (Å²) in [6.07, 6.45) is 2.53. The van der Waals surface area contributed by atoms with Gasteiger partial charge in [-0.05, 0) is 30.5 Å². The fourth-order valence-electron chi connectivity index (χ4n) is 2.81. The fourth-order valence-corrected chi connectivity index (χ4v) is 2.81.